The van der Waals surface area contributed by atoms with Crippen molar-refractivity contribution in [3.63, 3.8) is 0 Å². The lowest BCUT2D eigenvalue weighted by molar-refractivity contribution is 0.618. The number of rotatable bonds is 3. The zero-order valence-electron chi connectivity index (χ0n) is 16.7. The molecule has 0 unspecified atom stereocenters. The Bertz CT molecular complexity index is 1630. The summed E-state index contributed by atoms with van der Waals surface area (Å²) in [6, 6.07) is 26.1. The fourth-order valence-electron chi connectivity index (χ4n) is 3.60. The van der Waals surface area contributed by atoms with Crippen LogP contribution in [0.2, 0.25) is 5.02 Å². The first-order valence-electron chi connectivity index (χ1n) is 9.92. The molecule has 0 aliphatic rings. The number of fused-ring (bicyclic) bond motifs is 2. The van der Waals surface area contributed by atoms with E-state index in [4.69, 9.17) is 16.0 Å². The molecule has 0 fully saturated rings. The molecule has 0 bridgehead atoms. The van der Waals surface area contributed by atoms with Crippen LogP contribution in [0.4, 0.5) is 0 Å². The third-order valence-corrected chi connectivity index (χ3v) is 5.37. The van der Waals surface area contributed by atoms with Gasteiger partial charge in [0.25, 0.3) is 0 Å². The molecule has 0 amide bonds. The number of aromatic nitrogens is 1. The molecule has 4 nitrogen and oxygen atoms in total. The first-order valence-corrected chi connectivity index (χ1v) is 10.3. The van der Waals surface area contributed by atoms with Gasteiger partial charge >= 0.3 is 0 Å². The Morgan fingerprint density at radius 3 is 2.69 bits per heavy atom. The molecule has 0 radical (unpaired) electrons. The molecule has 5 heteroatoms. The molecule has 32 heavy (non-hydrogen) atoms. The van der Waals surface area contributed by atoms with Crippen LogP contribution in [0.25, 0.3) is 45.3 Å². The van der Waals surface area contributed by atoms with Gasteiger partial charge in [0.15, 0.2) is 11.0 Å². The van der Waals surface area contributed by atoms with E-state index in [0.29, 0.717) is 10.8 Å². The molecule has 0 aliphatic heterocycles. The number of halogens is 1. The summed E-state index contributed by atoms with van der Waals surface area (Å²) in [4.78, 5) is 17.3. The second kappa shape index (κ2) is 8.14. The standard InChI is InChI=1S/C27H15ClN2O2/c28-21-13-20(16-29)27-23(14-21)25(31)15-26(32-27)19-6-3-4-17(12-19)8-10-22-11-9-18-5-1-2-7-24(18)30-22/h1-15H. The summed E-state index contributed by atoms with van der Waals surface area (Å²) in [5.74, 6) is 0.389. The third kappa shape index (κ3) is 3.78. The van der Waals surface area contributed by atoms with Gasteiger partial charge in [0.2, 0.25) is 0 Å². The van der Waals surface area contributed by atoms with Crippen molar-refractivity contribution in [2.75, 3.05) is 0 Å². The average Bonchev–Trinajstić information content (AvgIpc) is 2.82. The van der Waals surface area contributed by atoms with Gasteiger partial charge in [-0.15, -0.1) is 0 Å². The zero-order chi connectivity index (χ0) is 22.1. The predicted molar refractivity (Wildman–Crippen MR) is 128 cm³/mol. The van der Waals surface area contributed by atoms with Crippen LogP contribution >= 0.6 is 11.6 Å². The highest BCUT2D eigenvalue weighted by Crippen LogP contribution is 2.27. The zero-order valence-corrected chi connectivity index (χ0v) is 17.5. The van der Waals surface area contributed by atoms with Crippen molar-refractivity contribution in [1.82, 2.24) is 4.98 Å². The van der Waals surface area contributed by atoms with Crippen molar-refractivity contribution in [3.05, 3.63) is 111 Å². The summed E-state index contributed by atoms with van der Waals surface area (Å²) in [6.45, 7) is 0. The lowest BCUT2D eigenvalue weighted by atomic mass is 10.1. The van der Waals surface area contributed by atoms with E-state index in [1.807, 2.05) is 78.9 Å². The molecule has 0 saturated carbocycles. The van der Waals surface area contributed by atoms with Gasteiger partial charge in [-0.2, -0.15) is 5.26 Å². The first-order chi connectivity index (χ1) is 15.6. The molecule has 0 atom stereocenters. The Hall–Kier alpha value is -4.20. The summed E-state index contributed by atoms with van der Waals surface area (Å²) in [7, 11) is 0. The number of benzene rings is 3. The van der Waals surface area contributed by atoms with Gasteiger partial charge in [0.05, 0.1) is 22.2 Å². The molecule has 2 heterocycles. The van der Waals surface area contributed by atoms with Crippen LogP contribution < -0.4 is 5.43 Å². The quantitative estimate of drug-likeness (QED) is 0.316. The molecule has 0 saturated heterocycles. The average molecular weight is 435 g/mol. The summed E-state index contributed by atoms with van der Waals surface area (Å²) >= 11 is 6.03. The van der Waals surface area contributed by atoms with E-state index < -0.39 is 0 Å². The highest BCUT2D eigenvalue weighted by atomic mass is 35.5. The largest absolute Gasteiger partial charge is 0.454 e. The molecule has 5 rings (SSSR count). The number of nitriles is 1. The Balaban J connectivity index is 1.53. The molecular formula is C27H15ClN2O2. The topological polar surface area (TPSA) is 66.9 Å². The minimum atomic E-state index is -0.249. The van der Waals surface area contributed by atoms with Crippen LogP contribution in [-0.4, -0.2) is 4.98 Å². The predicted octanol–water partition coefficient (Wildman–Crippen LogP) is 6.70. The minimum absolute atomic E-state index is 0.227. The van der Waals surface area contributed by atoms with Gasteiger partial charge < -0.3 is 4.42 Å². The first kappa shape index (κ1) is 19.7. The smallest absolute Gasteiger partial charge is 0.193 e. The number of nitrogens with zero attached hydrogens (tertiary/aromatic N) is 2. The van der Waals surface area contributed by atoms with Crippen LogP contribution in [0.1, 0.15) is 16.8 Å². The van der Waals surface area contributed by atoms with Gasteiger partial charge in [0, 0.05) is 22.0 Å². The lowest BCUT2D eigenvalue weighted by Crippen LogP contribution is -2.01. The van der Waals surface area contributed by atoms with Crippen LogP contribution in [0.3, 0.4) is 0 Å². The summed E-state index contributed by atoms with van der Waals surface area (Å²) in [5, 5.41) is 11.1. The van der Waals surface area contributed by atoms with Gasteiger partial charge in [-0.05, 0) is 42.0 Å². The summed E-state index contributed by atoms with van der Waals surface area (Å²) < 4.78 is 5.95. The van der Waals surface area contributed by atoms with Gasteiger partial charge in [-0.1, -0.05) is 60.1 Å². The molecule has 152 valence electrons. The second-order valence-corrected chi connectivity index (χ2v) is 7.74. The Morgan fingerprint density at radius 1 is 0.938 bits per heavy atom. The van der Waals surface area contributed by atoms with Gasteiger partial charge in [0.1, 0.15) is 11.8 Å². The molecule has 0 aliphatic carbocycles. The van der Waals surface area contributed by atoms with E-state index in [0.717, 1.165) is 27.7 Å². The molecule has 3 aromatic carbocycles. The molecule has 2 aromatic heterocycles. The lowest BCUT2D eigenvalue weighted by Gasteiger charge is -2.06. The van der Waals surface area contributed by atoms with E-state index in [2.05, 4.69) is 4.98 Å². The number of pyridine rings is 1. The van der Waals surface area contributed by atoms with Crippen LogP contribution in [-0.2, 0) is 0 Å². The second-order valence-electron chi connectivity index (χ2n) is 7.30. The Kier molecular flexibility index (Phi) is 5.03. The Labute approximate surface area is 188 Å². The summed E-state index contributed by atoms with van der Waals surface area (Å²) in [5.41, 5.74) is 3.66. The number of para-hydroxylation sites is 1. The summed E-state index contributed by atoms with van der Waals surface area (Å²) in [6.07, 6.45) is 3.90. The fourth-order valence-corrected chi connectivity index (χ4v) is 3.82. The SMILES string of the molecule is N#Cc1cc(Cl)cc2c(=O)cc(-c3cccc(C=Cc4ccc5ccccc5n4)c3)oc12. The molecule has 5 aromatic rings. The van der Waals surface area contributed by atoms with Crippen molar-refractivity contribution in [3.8, 4) is 17.4 Å². The van der Waals surface area contributed by atoms with Crippen LogP contribution in [0, 0.1) is 11.3 Å². The Morgan fingerprint density at radius 2 is 1.81 bits per heavy atom. The normalized spacial score (nSPS) is 11.2. The highest BCUT2D eigenvalue weighted by molar-refractivity contribution is 6.31. The number of hydrogen-bond donors (Lipinski definition) is 0. The van der Waals surface area contributed by atoms with E-state index in [1.54, 1.807) is 0 Å². The fraction of sp³-hybridized carbons (Fsp3) is 0. The van der Waals surface area contributed by atoms with Crippen molar-refractivity contribution in [1.29, 1.82) is 5.26 Å². The van der Waals surface area contributed by atoms with Crippen molar-refractivity contribution >= 4 is 45.6 Å². The third-order valence-electron chi connectivity index (χ3n) is 5.15. The van der Waals surface area contributed by atoms with Crippen molar-refractivity contribution in [2.24, 2.45) is 0 Å². The van der Waals surface area contributed by atoms with Gasteiger partial charge in [-0.3, -0.25) is 4.79 Å². The minimum Gasteiger partial charge on any atom is -0.454 e. The van der Waals surface area contributed by atoms with Crippen LogP contribution in [0.5, 0.6) is 0 Å². The van der Waals surface area contributed by atoms with E-state index in [1.165, 1.54) is 18.2 Å². The number of hydrogen-bond acceptors (Lipinski definition) is 4. The maximum absolute atomic E-state index is 12.6. The van der Waals surface area contributed by atoms with Crippen molar-refractivity contribution < 1.29 is 4.42 Å². The monoisotopic (exact) mass is 434 g/mol. The molecular weight excluding hydrogens is 420 g/mol. The van der Waals surface area contributed by atoms with E-state index in [9.17, 15) is 10.1 Å². The van der Waals surface area contributed by atoms with E-state index in [-0.39, 0.29) is 22.0 Å². The maximum Gasteiger partial charge on any atom is 0.193 e. The van der Waals surface area contributed by atoms with E-state index >= 15 is 0 Å². The van der Waals surface area contributed by atoms with Crippen molar-refractivity contribution in [2.45, 2.75) is 0 Å². The molecule has 0 N–H and O–H groups in total. The van der Waals surface area contributed by atoms with Crippen LogP contribution in [0.15, 0.2) is 88.1 Å². The van der Waals surface area contributed by atoms with Gasteiger partial charge in [-0.25, -0.2) is 4.98 Å². The maximum atomic E-state index is 12.6. The highest BCUT2D eigenvalue weighted by Gasteiger charge is 2.12. The molecule has 0 spiro atoms.